The normalized spacial score (nSPS) is 16.7. The molecule has 3 aromatic rings. The fraction of sp³-hybridized carbons (Fsp3) is 0.150. The smallest absolute Gasteiger partial charge is 0.254 e. The summed E-state index contributed by atoms with van der Waals surface area (Å²) in [6, 6.07) is 19.4. The first-order valence-electron chi connectivity index (χ1n) is 7.92. The molecule has 2 aromatic carbocycles. The monoisotopic (exact) mass is 353 g/mol. The molecule has 0 bridgehead atoms. The number of hydrogen-bond donors (Lipinski definition) is 0. The lowest BCUT2D eigenvalue weighted by Gasteiger charge is -2.36. The van der Waals surface area contributed by atoms with E-state index < -0.39 is 0 Å². The summed E-state index contributed by atoms with van der Waals surface area (Å²) in [5.41, 5.74) is 3.07. The molecule has 0 spiro atoms. The van der Waals surface area contributed by atoms with Gasteiger partial charge in [-0.25, -0.2) is 0 Å². The van der Waals surface area contributed by atoms with Gasteiger partial charge in [-0.15, -0.1) is 11.3 Å². The van der Waals surface area contributed by atoms with Gasteiger partial charge in [0.1, 0.15) is 0 Å². The Balaban J connectivity index is 1.78. The lowest BCUT2D eigenvalue weighted by atomic mass is 9.92. The van der Waals surface area contributed by atoms with Crippen molar-refractivity contribution < 1.29 is 4.79 Å². The molecule has 1 aromatic heterocycles. The first kappa shape index (κ1) is 15.4. The molecule has 24 heavy (non-hydrogen) atoms. The number of halogens is 1. The molecule has 4 heteroatoms. The molecule has 1 aliphatic heterocycles. The topological polar surface area (TPSA) is 20.3 Å². The molecular weight excluding hydrogens is 338 g/mol. The van der Waals surface area contributed by atoms with E-state index in [9.17, 15) is 4.79 Å². The molecule has 1 aliphatic rings. The van der Waals surface area contributed by atoms with Gasteiger partial charge in [0.25, 0.3) is 5.91 Å². The number of amides is 1. The van der Waals surface area contributed by atoms with Crippen LogP contribution in [0.15, 0.2) is 66.0 Å². The second-order valence-electron chi connectivity index (χ2n) is 5.87. The predicted molar refractivity (Wildman–Crippen MR) is 98.8 cm³/mol. The van der Waals surface area contributed by atoms with Crippen molar-refractivity contribution in [3.63, 3.8) is 0 Å². The zero-order valence-electron chi connectivity index (χ0n) is 13.0. The van der Waals surface area contributed by atoms with Crippen LogP contribution in [0.1, 0.15) is 32.4 Å². The standard InChI is InChI=1S/C20H16ClNOS/c21-16-8-6-14(7-9-16)19-17-11-13-24-18(17)10-12-22(19)20(23)15-4-2-1-3-5-15/h1-9,11,13,19H,10,12H2. The van der Waals surface area contributed by atoms with E-state index in [1.165, 1.54) is 10.4 Å². The van der Waals surface area contributed by atoms with Crippen LogP contribution in [-0.4, -0.2) is 17.4 Å². The summed E-state index contributed by atoms with van der Waals surface area (Å²) < 4.78 is 0. The number of rotatable bonds is 2. The number of fused-ring (bicyclic) bond motifs is 1. The predicted octanol–water partition coefficient (Wildman–Crippen LogP) is 5.19. The Hall–Kier alpha value is -2.10. The molecular formula is C20H16ClNOS. The van der Waals surface area contributed by atoms with Crippen molar-refractivity contribution in [3.8, 4) is 0 Å². The fourth-order valence-corrected chi connectivity index (χ4v) is 4.32. The SMILES string of the molecule is O=C(c1ccccc1)N1CCc2sccc2C1c1ccc(Cl)cc1. The zero-order chi connectivity index (χ0) is 16.5. The largest absolute Gasteiger partial charge is 0.327 e. The lowest BCUT2D eigenvalue weighted by Crippen LogP contribution is -2.40. The number of hydrogen-bond acceptors (Lipinski definition) is 2. The Morgan fingerprint density at radius 1 is 1.04 bits per heavy atom. The van der Waals surface area contributed by atoms with E-state index in [-0.39, 0.29) is 11.9 Å². The molecule has 0 N–H and O–H groups in total. The highest BCUT2D eigenvalue weighted by atomic mass is 35.5. The highest BCUT2D eigenvalue weighted by Crippen LogP contribution is 2.38. The van der Waals surface area contributed by atoms with E-state index in [1.807, 2.05) is 59.5 Å². The molecule has 2 nitrogen and oxygen atoms in total. The third-order valence-corrected chi connectivity index (χ3v) is 5.68. The van der Waals surface area contributed by atoms with E-state index in [2.05, 4.69) is 11.4 Å². The van der Waals surface area contributed by atoms with Gasteiger partial charge in [-0.2, -0.15) is 0 Å². The lowest BCUT2D eigenvalue weighted by molar-refractivity contribution is 0.0696. The van der Waals surface area contributed by atoms with Crippen molar-refractivity contribution >= 4 is 28.8 Å². The summed E-state index contributed by atoms with van der Waals surface area (Å²) in [5, 5.41) is 2.82. The Labute approximate surface area is 150 Å². The molecule has 0 saturated heterocycles. The van der Waals surface area contributed by atoms with Gasteiger partial charge in [-0.3, -0.25) is 4.79 Å². The zero-order valence-corrected chi connectivity index (χ0v) is 14.6. The van der Waals surface area contributed by atoms with Crippen LogP contribution in [0.4, 0.5) is 0 Å². The Morgan fingerprint density at radius 3 is 2.54 bits per heavy atom. The van der Waals surface area contributed by atoms with Crippen molar-refractivity contribution in [2.75, 3.05) is 6.54 Å². The third kappa shape index (κ3) is 2.74. The maximum atomic E-state index is 13.1. The van der Waals surface area contributed by atoms with Crippen molar-refractivity contribution in [3.05, 3.63) is 92.6 Å². The van der Waals surface area contributed by atoms with Crippen molar-refractivity contribution in [1.82, 2.24) is 4.90 Å². The molecule has 1 unspecified atom stereocenters. The van der Waals surface area contributed by atoms with E-state index in [0.29, 0.717) is 5.02 Å². The summed E-state index contributed by atoms with van der Waals surface area (Å²) in [6.07, 6.45) is 0.912. The minimum absolute atomic E-state index is 0.0510. The van der Waals surface area contributed by atoms with Crippen LogP contribution in [0.25, 0.3) is 0 Å². The minimum Gasteiger partial charge on any atom is -0.327 e. The van der Waals surface area contributed by atoms with Crippen LogP contribution >= 0.6 is 22.9 Å². The van der Waals surface area contributed by atoms with Gasteiger partial charge in [-0.1, -0.05) is 41.9 Å². The molecule has 4 rings (SSSR count). The van der Waals surface area contributed by atoms with Gasteiger partial charge in [0, 0.05) is 22.0 Å². The minimum atomic E-state index is -0.0510. The number of benzene rings is 2. The summed E-state index contributed by atoms with van der Waals surface area (Å²) in [7, 11) is 0. The second-order valence-corrected chi connectivity index (χ2v) is 7.30. The van der Waals surface area contributed by atoms with E-state index in [0.717, 1.165) is 24.1 Å². The highest BCUT2D eigenvalue weighted by Gasteiger charge is 2.33. The van der Waals surface area contributed by atoms with Crippen molar-refractivity contribution in [2.24, 2.45) is 0 Å². The second kappa shape index (κ2) is 6.42. The average Bonchev–Trinajstić information content (AvgIpc) is 3.10. The molecule has 0 fully saturated rings. The van der Waals surface area contributed by atoms with Crippen molar-refractivity contribution in [1.29, 1.82) is 0 Å². The first-order valence-corrected chi connectivity index (χ1v) is 9.17. The molecule has 120 valence electrons. The van der Waals surface area contributed by atoms with Crippen LogP contribution in [0.5, 0.6) is 0 Å². The Morgan fingerprint density at radius 2 is 1.79 bits per heavy atom. The van der Waals surface area contributed by atoms with Gasteiger partial charge in [0.05, 0.1) is 6.04 Å². The highest BCUT2D eigenvalue weighted by molar-refractivity contribution is 7.10. The van der Waals surface area contributed by atoms with Crippen LogP contribution in [0.2, 0.25) is 5.02 Å². The molecule has 0 aliphatic carbocycles. The molecule has 0 radical (unpaired) electrons. The van der Waals surface area contributed by atoms with Gasteiger partial charge >= 0.3 is 0 Å². The first-order chi connectivity index (χ1) is 11.7. The third-order valence-electron chi connectivity index (χ3n) is 4.43. The van der Waals surface area contributed by atoms with Gasteiger partial charge in [-0.05, 0) is 53.3 Å². The summed E-state index contributed by atoms with van der Waals surface area (Å²) in [4.78, 5) is 16.4. The van der Waals surface area contributed by atoms with Crippen molar-refractivity contribution in [2.45, 2.75) is 12.5 Å². The van der Waals surface area contributed by atoms with E-state index >= 15 is 0 Å². The van der Waals surface area contributed by atoms with Crippen LogP contribution in [0.3, 0.4) is 0 Å². The molecule has 1 atom stereocenters. The molecule has 1 amide bonds. The Kier molecular flexibility index (Phi) is 4.13. The fourth-order valence-electron chi connectivity index (χ4n) is 3.29. The van der Waals surface area contributed by atoms with Gasteiger partial charge in [0.15, 0.2) is 0 Å². The van der Waals surface area contributed by atoms with Crippen LogP contribution in [0, 0.1) is 0 Å². The number of thiophene rings is 1. The molecule has 0 saturated carbocycles. The number of carbonyl (C=O) groups excluding carboxylic acids is 1. The molecule has 2 heterocycles. The number of nitrogens with zero attached hydrogens (tertiary/aromatic N) is 1. The van der Waals surface area contributed by atoms with E-state index in [1.54, 1.807) is 11.3 Å². The average molecular weight is 354 g/mol. The summed E-state index contributed by atoms with van der Waals surface area (Å²) in [5.74, 6) is 0.0763. The maximum absolute atomic E-state index is 13.1. The summed E-state index contributed by atoms with van der Waals surface area (Å²) >= 11 is 7.82. The quantitative estimate of drug-likeness (QED) is 0.621. The Bertz CT molecular complexity index is 857. The summed E-state index contributed by atoms with van der Waals surface area (Å²) in [6.45, 7) is 0.731. The van der Waals surface area contributed by atoms with Gasteiger partial charge in [0.2, 0.25) is 0 Å². The van der Waals surface area contributed by atoms with Gasteiger partial charge < -0.3 is 4.90 Å². The number of carbonyl (C=O) groups is 1. The van der Waals surface area contributed by atoms with Crippen LogP contribution < -0.4 is 0 Å². The van der Waals surface area contributed by atoms with E-state index in [4.69, 9.17) is 11.6 Å². The van der Waals surface area contributed by atoms with Crippen LogP contribution in [-0.2, 0) is 6.42 Å². The maximum Gasteiger partial charge on any atom is 0.254 e.